The molecule has 0 aromatic carbocycles. The van der Waals surface area contributed by atoms with Crippen molar-refractivity contribution in [3.8, 4) is 0 Å². The van der Waals surface area contributed by atoms with Crippen molar-refractivity contribution in [2.24, 2.45) is 5.73 Å². The van der Waals surface area contributed by atoms with E-state index in [0.29, 0.717) is 12.1 Å². The van der Waals surface area contributed by atoms with Crippen LogP contribution in [0.3, 0.4) is 0 Å². The molecule has 1 aliphatic rings. The van der Waals surface area contributed by atoms with Crippen molar-refractivity contribution in [3.05, 3.63) is 0 Å². The Morgan fingerprint density at radius 3 is 2.31 bits per heavy atom. The van der Waals surface area contributed by atoms with E-state index in [9.17, 15) is 0 Å². The first-order valence-electron chi connectivity index (χ1n) is 7.25. The zero-order chi connectivity index (χ0) is 12.0. The molecule has 0 radical (unpaired) electrons. The first-order chi connectivity index (χ1) is 7.74. The van der Waals surface area contributed by atoms with Crippen molar-refractivity contribution in [3.63, 3.8) is 0 Å². The fraction of sp³-hybridized carbons (Fsp3) is 1.00. The Morgan fingerprint density at radius 1 is 1.19 bits per heavy atom. The van der Waals surface area contributed by atoms with Gasteiger partial charge >= 0.3 is 0 Å². The maximum absolute atomic E-state index is 6.34. The van der Waals surface area contributed by atoms with E-state index in [2.05, 4.69) is 25.7 Å². The van der Waals surface area contributed by atoms with E-state index in [-0.39, 0.29) is 0 Å². The van der Waals surface area contributed by atoms with Crippen LogP contribution in [-0.2, 0) is 0 Å². The highest BCUT2D eigenvalue weighted by atomic mass is 15.2. The van der Waals surface area contributed by atoms with Crippen molar-refractivity contribution in [2.45, 2.75) is 83.8 Å². The molecule has 1 saturated carbocycles. The van der Waals surface area contributed by atoms with Crippen LogP contribution in [0.15, 0.2) is 0 Å². The third-order valence-corrected chi connectivity index (χ3v) is 3.75. The molecule has 2 heteroatoms. The third-order valence-electron chi connectivity index (χ3n) is 3.75. The van der Waals surface area contributed by atoms with Gasteiger partial charge in [0.1, 0.15) is 0 Å². The Hall–Kier alpha value is -0.0800. The Labute approximate surface area is 102 Å². The van der Waals surface area contributed by atoms with Crippen molar-refractivity contribution < 1.29 is 0 Å². The lowest BCUT2D eigenvalue weighted by atomic mass is 9.99. The average molecular weight is 226 g/mol. The summed E-state index contributed by atoms with van der Waals surface area (Å²) in [6, 6.07) is 1.87. The molecule has 1 rings (SSSR count). The minimum atomic E-state index is 0.382. The van der Waals surface area contributed by atoms with Crippen LogP contribution in [-0.4, -0.2) is 29.6 Å². The summed E-state index contributed by atoms with van der Waals surface area (Å²) in [5, 5.41) is 0. The molecule has 0 heterocycles. The lowest BCUT2D eigenvalue weighted by molar-refractivity contribution is 0.150. The van der Waals surface area contributed by atoms with Gasteiger partial charge in [-0.1, -0.05) is 33.6 Å². The van der Waals surface area contributed by atoms with Gasteiger partial charge in [0.25, 0.3) is 0 Å². The van der Waals surface area contributed by atoms with Gasteiger partial charge in [0.05, 0.1) is 0 Å². The second kappa shape index (κ2) is 7.29. The smallest absolute Gasteiger partial charge is 0.0247 e. The van der Waals surface area contributed by atoms with Gasteiger partial charge in [-0.2, -0.15) is 0 Å². The van der Waals surface area contributed by atoms with Crippen LogP contribution in [0.1, 0.15) is 65.7 Å². The molecule has 2 nitrogen and oxygen atoms in total. The minimum Gasteiger partial charge on any atom is -0.326 e. The summed E-state index contributed by atoms with van der Waals surface area (Å²) >= 11 is 0. The van der Waals surface area contributed by atoms with Gasteiger partial charge in [0.2, 0.25) is 0 Å². The van der Waals surface area contributed by atoms with Crippen LogP contribution >= 0.6 is 0 Å². The zero-order valence-corrected chi connectivity index (χ0v) is 11.4. The largest absolute Gasteiger partial charge is 0.326 e. The fourth-order valence-corrected chi connectivity index (χ4v) is 2.67. The van der Waals surface area contributed by atoms with Crippen LogP contribution in [0, 0.1) is 0 Å². The molecule has 2 unspecified atom stereocenters. The Balaban J connectivity index is 2.50. The van der Waals surface area contributed by atoms with Crippen LogP contribution in [0.2, 0.25) is 0 Å². The quantitative estimate of drug-likeness (QED) is 0.654. The molecule has 0 spiro atoms. The van der Waals surface area contributed by atoms with Crippen molar-refractivity contribution in [2.75, 3.05) is 6.54 Å². The first kappa shape index (κ1) is 14.0. The first-order valence-corrected chi connectivity index (χ1v) is 7.25. The fourth-order valence-electron chi connectivity index (χ4n) is 2.67. The van der Waals surface area contributed by atoms with Gasteiger partial charge < -0.3 is 5.73 Å². The van der Waals surface area contributed by atoms with Crippen molar-refractivity contribution in [1.82, 2.24) is 4.90 Å². The summed E-state index contributed by atoms with van der Waals surface area (Å²) in [6.07, 6.45) is 9.02. The Morgan fingerprint density at radius 2 is 1.88 bits per heavy atom. The van der Waals surface area contributed by atoms with Crippen LogP contribution in [0.5, 0.6) is 0 Å². The standard InChI is InChI=1S/C14H30N2/c1-4-7-11-16(12-9-10-12)14(6-3)13(15)8-5-2/h12-14H,4-11,15H2,1-3H3. The van der Waals surface area contributed by atoms with Crippen LogP contribution < -0.4 is 5.73 Å². The minimum absolute atomic E-state index is 0.382. The molecule has 1 fully saturated rings. The highest BCUT2D eigenvalue weighted by Gasteiger charge is 2.34. The van der Waals surface area contributed by atoms with Crippen molar-refractivity contribution in [1.29, 1.82) is 0 Å². The van der Waals surface area contributed by atoms with E-state index in [1.54, 1.807) is 0 Å². The SMILES string of the molecule is CCCCN(C1CC1)C(CC)C(N)CCC. The molecule has 96 valence electrons. The van der Waals surface area contributed by atoms with E-state index in [1.165, 1.54) is 51.5 Å². The summed E-state index contributed by atoms with van der Waals surface area (Å²) in [6.45, 7) is 8.07. The second-order valence-electron chi connectivity index (χ2n) is 5.25. The zero-order valence-electron chi connectivity index (χ0n) is 11.4. The maximum Gasteiger partial charge on any atom is 0.0247 e. The predicted molar refractivity (Wildman–Crippen MR) is 71.6 cm³/mol. The molecular weight excluding hydrogens is 196 g/mol. The highest BCUT2D eigenvalue weighted by molar-refractivity contribution is 4.92. The molecule has 0 aromatic heterocycles. The maximum atomic E-state index is 6.34. The van der Waals surface area contributed by atoms with Gasteiger partial charge in [0.15, 0.2) is 0 Å². The van der Waals surface area contributed by atoms with Crippen LogP contribution in [0.4, 0.5) is 0 Å². The number of nitrogens with two attached hydrogens (primary N) is 1. The monoisotopic (exact) mass is 226 g/mol. The topological polar surface area (TPSA) is 29.3 Å². The summed E-state index contributed by atoms with van der Waals surface area (Å²) < 4.78 is 0. The number of hydrogen-bond acceptors (Lipinski definition) is 2. The summed E-state index contributed by atoms with van der Waals surface area (Å²) in [5.74, 6) is 0. The summed E-state index contributed by atoms with van der Waals surface area (Å²) in [5.41, 5.74) is 6.34. The Kier molecular flexibility index (Phi) is 6.37. The number of nitrogens with zero attached hydrogens (tertiary/aromatic N) is 1. The van der Waals surface area contributed by atoms with E-state index in [0.717, 1.165) is 6.04 Å². The molecule has 16 heavy (non-hydrogen) atoms. The summed E-state index contributed by atoms with van der Waals surface area (Å²) in [4.78, 5) is 2.71. The van der Waals surface area contributed by atoms with Crippen molar-refractivity contribution >= 4 is 0 Å². The molecule has 0 saturated heterocycles. The van der Waals surface area contributed by atoms with Gasteiger partial charge in [0, 0.05) is 18.1 Å². The van der Waals surface area contributed by atoms with E-state index < -0.39 is 0 Å². The average Bonchev–Trinajstić information content (AvgIpc) is 3.08. The number of hydrogen-bond donors (Lipinski definition) is 1. The van der Waals surface area contributed by atoms with Crippen LogP contribution in [0.25, 0.3) is 0 Å². The molecule has 0 aliphatic heterocycles. The van der Waals surface area contributed by atoms with Gasteiger partial charge in [-0.3, -0.25) is 4.90 Å². The molecule has 0 bridgehead atoms. The Bertz CT molecular complexity index is 178. The van der Waals surface area contributed by atoms with E-state index >= 15 is 0 Å². The second-order valence-corrected chi connectivity index (χ2v) is 5.25. The molecule has 0 amide bonds. The molecule has 0 aromatic rings. The number of rotatable bonds is 9. The van der Waals surface area contributed by atoms with E-state index in [1.807, 2.05) is 0 Å². The van der Waals surface area contributed by atoms with Gasteiger partial charge in [-0.25, -0.2) is 0 Å². The third kappa shape index (κ3) is 4.06. The van der Waals surface area contributed by atoms with Gasteiger partial charge in [-0.15, -0.1) is 0 Å². The summed E-state index contributed by atoms with van der Waals surface area (Å²) in [7, 11) is 0. The predicted octanol–water partition coefficient (Wildman–Crippen LogP) is 3.16. The highest BCUT2D eigenvalue weighted by Crippen LogP contribution is 2.31. The molecule has 2 N–H and O–H groups in total. The molecule has 2 atom stereocenters. The lowest BCUT2D eigenvalue weighted by Crippen LogP contribution is -2.48. The van der Waals surface area contributed by atoms with E-state index in [4.69, 9.17) is 5.73 Å². The number of unbranched alkanes of at least 4 members (excludes halogenated alkanes) is 1. The molecule has 1 aliphatic carbocycles. The van der Waals surface area contributed by atoms with Gasteiger partial charge in [-0.05, 0) is 38.6 Å². The normalized spacial score (nSPS) is 20.1. The molecular formula is C14H30N2. The lowest BCUT2D eigenvalue weighted by Gasteiger charge is -2.35.